The zero-order valence-corrected chi connectivity index (χ0v) is 15.3. The Balaban J connectivity index is 2.19. The van der Waals surface area contributed by atoms with Crippen molar-refractivity contribution in [2.45, 2.75) is 57.9 Å². The molecule has 0 saturated heterocycles. The normalized spacial score (nSPS) is 21.1. The van der Waals surface area contributed by atoms with Crippen molar-refractivity contribution in [1.29, 1.82) is 0 Å². The molecule has 0 amide bonds. The summed E-state index contributed by atoms with van der Waals surface area (Å²) >= 11 is 0. The van der Waals surface area contributed by atoms with Crippen LogP contribution in [-0.4, -0.2) is 35.0 Å². The summed E-state index contributed by atoms with van der Waals surface area (Å²) in [6.45, 7) is 8.96. The lowest BCUT2D eigenvalue weighted by molar-refractivity contribution is 0.0797. The number of ether oxygens (including phenoxy) is 1. The van der Waals surface area contributed by atoms with Crippen LogP contribution in [0.4, 0.5) is 0 Å². The third kappa shape index (κ3) is 4.52. The number of aliphatic hydroxyl groups excluding tert-OH is 1. The van der Waals surface area contributed by atoms with Gasteiger partial charge in [0.25, 0.3) is 5.56 Å². The van der Waals surface area contributed by atoms with Crippen molar-refractivity contribution >= 4 is 8.07 Å². The molecule has 0 radical (unpaired) electrons. The molecule has 1 heterocycles. The molecule has 0 fully saturated rings. The molecule has 2 unspecified atom stereocenters. The van der Waals surface area contributed by atoms with E-state index >= 15 is 0 Å². The molecule has 0 spiro atoms. The first kappa shape index (κ1) is 17.9. The molecule has 7 heteroatoms. The van der Waals surface area contributed by atoms with Crippen LogP contribution in [0.3, 0.4) is 0 Å². The number of rotatable bonds is 6. The van der Waals surface area contributed by atoms with Crippen LogP contribution in [0.2, 0.25) is 25.7 Å². The summed E-state index contributed by atoms with van der Waals surface area (Å²) in [4.78, 5) is 24.8. The molecule has 0 bridgehead atoms. The summed E-state index contributed by atoms with van der Waals surface area (Å²) in [6, 6.07) is 0.768. The lowest BCUT2D eigenvalue weighted by atomic mass is 10.2. The molecule has 1 aliphatic carbocycles. The molecule has 6 nitrogen and oxygen atoms in total. The van der Waals surface area contributed by atoms with Crippen molar-refractivity contribution in [1.82, 2.24) is 9.13 Å². The van der Waals surface area contributed by atoms with Gasteiger partial charge in [0.2, 0.25) is 0 Å². The van der Waals surface area contributed by atoms with Gasteiger partial charge >= 0.3 is 5.69 Å². The predicted octanol–water partition coefficient (Wildman–Crippen LogP) is 1.49. The van der Waals surface area contributed by atoms with Crippen LogP contribution in [0.15, 0.2) is 27.9 Å². The van der Waals surface area contributed by atoms with Gasteiger partial charge in [0.05, 0.1) is 12.1 Å². The van der Waals surface area contributed by atoms with Crippen LogP contribution in [-0.2, 0) is 11.5 Å². The Morgan fingerprint density at radius 1 is 1.30 bits per heavy atom. The van der Waals surface area contributed by atoms with Crippen LogP contribution in [0.25, 0.3) is 0 Å². The highest BCUT2D eigenvalue weighted by Crippen LogP contribution is 2.21. The van der Waals surface area contributed by atoms with Crippen molar-refractivity contribution in [3.05, 3.63) is 44.8 Å². The molecule has 1 aromatic heterocycles. The second-order valence-corrected chi connectivity index (χ2v) is 13.0. The van der Waals surface area contributed by atoms with E-state index in [0.717, 1.165) is 10.6 Å². The average Bonchev–Trinajstić information content (AvgIpc) is 2.87. The third-order valence-electron chi connectivity index (χ3n) is 3.98. The number of hydrogen-bond acceptors (Lipinski definition) is 4. The first-order valence-corrected chi connectivity index (χ1v) is 11.7. The Labute approximate surface area is 137 Å². The van der Waals surface area contributed by atoms with E-state index in [1.165, 1.54) is 4.57 Å². The van der Waals surface area contributed by atoms with E-state index in [1.807, 2.05) is 0 Å². The van der Waals surface area contributed by atoms with E-state index in [1.54, 1.807) is 25.3 Å². The minimum absolute atomic E-state index is 0.0250. The molecule has 0 aliphatic heterocycles. The highest BCUT2D eigenvalue weighted by Gasteiger charge is 2.21. The topological polar surface area (TPSA) is 73.5 Å². The minimum Gasteiger partial charge on any atom is -0.389 e. The second kappa shape index (κ2) is 6.98. The Morgan fingerprint density at radius 3 is 2.57 bits per heavy atom. The van der Waals surface area contributed by atoms with Crippen LogP contribution in [0.5, 0.6) is 0 Å². The van der Waals surface area contributed by atoms with Crippen molar-refractivity contribution in [2.75, 3.05) is 6.61 Å². The summed E-state index contributed by atoms with van der Waals surface area (Å²) in [5.41, 5.74) is -0.215. The molecule has 0 aromatic carbocycles. The van der Waals surface area contributed by atoms with Crippen LogP contribution in [0, 0.1) is 6.92 Å². The van der Waals surface area contributed by atoms with Crippen molar-refractivity contribution in [2.24, 2.45) is 0 Å². The molecular weight excluding hydrogens is 312 g/mol. The molecule has 0 saturated carbocycles. The third-order valence-corrected chi connectivity index (χ3v) is 5.68. The fourth-order valence-electron chi connectivity index (χ4n) is 2.51. The minimum atomic E-state index is -1.21. The Hall–Kier alpha value is -1.44. The summed E-state index contributed by atoms with van der Waals surface area (Å²) < 4.78 is 8.21. The number of aliphatic hydroxyl groups is 1. The number of hydrogen-bond donors (Lipinski definition) is 1. The van der Waals surface area contributed by atoms with E-state index < -0.39 is 19.9 Å². The number of allylic oxidation sites excluding steroid dienone is 1. The summed E-state index contributed by atoms with van der Waals surface area (Å²) in [5.74, 6) is 0. The van der Waals surface area contributed by atoms with Crippen molar-refractivity contribution in [3.63, 3.8) is 0 Å². The lowest BCUT2D eigenvalue weighted by Gasteiger charge is -2.18. The van der Waals surface area contributed by atoms with Crippen molar-refractivity contribution in [3.8, 4) is 0 Å². The maximum atomic E-state index is 12.6. The maximum Gasteiger partial charge on any atom is 0.333 e. The molecule has 1 N–H and O–H groups in total. The fourth-order valence-corrected chi connectivity index (χ4v) is 3.27. The van der Waals surface area contributed by atoms with Crippen LogP contribution >= 0.6 is 0 Å². The van der Waals surface area contributed by atoms with E-state index in [4.69, 9.17) is 4.74 Å². The van der Waals surface area contributed by atoms with Crippen LogP contribution in [0.1, 0.15) is 18.0 Å². The Morgan fingerprint density at radius 2 is 2.00 bits per heavy atom. The van der Waals surface area contributed by atoms with Gasteiger partial charge in [0, 0.05) is 32.9 Å². The largest absolute Gasteiger partial charge is 0.389 e. The smallest absolute Gasteiger partial charge is 0.333 e. The zero-order valence-electron chi connectivity index (χ0n) is 14.3. The maximum absolute atomic E-state index is 12.6. The number of aryl methyl sites for hydroxylation is 1. The predicted molar refractivity (Wildman–Crippen MR) is 92.6 cm³/mol. The van der Waals surface area contributed by atoms with E-state index in [2.05, 4.69) is 19.6 Å². The molecule has 2 atom stereocenters. The molecule has 2 rings (SSSR count). The first-order chi connectivity index (χ1) is 10.7. The molecule has 1 aromatic rings. The average molecular weight is 338 g/mol. The fraction of sp³-hybridized carbons (Fsp3) is 0.625. The van der Waals surface area contributed by atoms with Crippen LogP contribution < -0.4 is 11.2 Å². The van der Waals surface area contributed by atoms with Gasteiger partial charge in [-0.15, -0.1) is 0 Å². The summed E-state index contributed by atoms with van der Waals surface area (Å²) in [7, 11) is -1.21. The van der Waals surface area contributed by atoms with E-state index in [0.29, 0.717) is 18.6 Å². The first-order valence-electron chi connectivity index (χ1n) is 7.96. The second-order valence-electron chi connectivity index (χ2n) is 7.34. The highest BCUT2D eigenvalue weighted by atomic mass is 28.3. The lowest BCUT2D eigenvalue weighted by Crippen LogP contribution is -2.42. The molecule has 1 aliphatic rings. The van der Waals surface area contributed by atoms with Gasteiger partial charge in [-0.25, -0.2) is 9.36 Å². The van der Waals surface area contributed by atoms with Gasteiger partial charge in [-0.1, -0.05) is 31.8 Å². The van der Waals surface area contributed by atoms with Gasteiger partial charge in [-0.3, -0.25) is 9.36 Å². The number of nitrogens with zero attached hydrogens (tertiary/aromatic N) is 2. The van der Waals surface area contributed by atoms with Gasteiger partial charge in [-0.2, -0.15) is 0 Å². The summed E-state index contributed by atoms with van der Waals surface area (Å²) in [6.07, 6.45) is 4.95. The molecule has 128 valence electrons. The van der Waals surface area contributed by atoms with E-state index in [-0.39, 0.29) is 18.3 Å². The van der Waals surface area contributed by atoms with Gasteiger partial charge in [0.1, 0.15) is 6.73 Å². The number of aromatic nitrogens is 2. The zero-order chi connectivity index (χ0) is 17.2. The molecule has 23 heavy (non-hydrogen) atoms. The van der Waals surface area contributed by atoms with Gasteiger partial charge < -0.3 is 9.84 Å². The van der Waals surface area contributed by atoms with E-state index in [9.17, 15) is 14.7 Å². The Kier molecular flexibility index (Phi) is 5.44. The highest BCUT2D eigenvalue weighted by molar-refractivity contribution is 6.76. The standard InChI is InChI=1S/C16H26N2O4Si/c1-12-10-17(13-5-6-14(19)9-13)16(21)18(15(12)20)11-22-7-8-23(2,3)4/h5-6,10,13-14,19H,7-9,11H2,1-4H3. The van der Waals surface area contributed by atoms with Gasteiger partial charge in [-0.05, 0) is 13.0 Å². The quantitative estimate of drug-likeness (QED) is 0.484. The monoisotopic (exact) mass is 338 g/mol. The summed E-state index contributed by atoms with van der Waals surface area (Å²) in [5, 5.41) is 9.60. The SMILES string of the molecule is Cc1cn(C2C=CC(O)C2)c(=O)n(COCC[Si](C)(C)C)c1=O. The Bertz CT molecular complexity index is 700. The molecular formula is C16H26N2O4Si. The van der Waals surface area contributed by atoms with Gasteiger partial charge in [0.15, 0.2) is 0 Å². The van der Waals surface area contributed by atoms with Crippen molar-refractivity contribution < 1.29 is 9.84 Å².